The summed E-state index contributed by atoms with van der Waals surface area (Å²) < 4.78 is 33.1. The van der Waals surface area contributed by atoms with Gasteiger partial charge in [-0.25, -0.2) is 0 Å². The molecule has 1 aliphatic heterocycles. The van der Waals surface area contributed by atoms with Crippen molar-refractivity contribution < 1.29 is 18.3 Å². The molecule has 2 nitrogen and oxygen atoms in total. The third-order valence-electron chi connectivity index (χ3n) is 1.55. The van der Waals surface area contributed by atoms with Crippen molar-refractivity contribution in [3.63, 3.8) is 0 Å². The molecule has 0 N–H and O–H groups in total. The molecule has 0 saturated carbocycles. The zero-order valence-corrected chi connectivity index (χ0v) is 5.64. The van der Waals surface area contributed by atoms with E-state index in [4.69, 9.17) is 0 Å². The third-order valence-corrected chi connectivity index (χ3v) is 1.55. The van der Waals surface area contributed by atoms with Gasteiger partial charge in [0.15, 0.2) is 5.76 Å². The minimum absolute atomic E-state index is 0.168. The third kappa shape index (κ3) is 1.08. The van der Waals surface area contributed by atoms with Crippen LogP contribution in [0.5, 0.6) is 0 Å². The van der Waals surface area contributed by atoms with Crippen LogP contribution in [0.1, 0.15) is 12.8 Å². The number of alkyl halides is 2. The van der Waals surface area contributed by atoms with Gasteiger partial charge in [-0.3, -0.25) is 0 Å². The van der Waals surface area contributed by atoms with Crippen LogP contribution < -0.4 is 0 Å². The van der Waals surface area contributed by atoms with Gasteiger partial charge in [-0.2, -0.15) is 0 Å². The van der Waals surface area contributed by atoms with E-state index in [0.717, 1.165) is 6.42 Å². The van der Waals surface area contributed by atoms with Crippen LogP contribution in [0.4, 0.5) is 8.78 Å². The van der Waals surface area contributed by atoms with E-state index in [1.54, 1.807) is 6.08 Å². The van der Waals surface area contributed by atoms with Gasteiger partial charge in [-0.05, 0) is 12.5 Å². The highest BCUT2D eigenvalue weighted by Gasteiger charge is 2.44. The molecule has 0 fully saturated rings. The molecule has 0 spiro atoms. The van der Waals surface area contributed by atoms with E-state index < -0.39 is 6.29 Å². The lowest BCUT2D eigenvalue weighted by Crippen LogP contribution is -2.16. The van der Waals surface area contributed by atoms with Crippen LogP contribution in [0.25, 0.3) is 0 Å². The molecular weight excluding hydrogens is 154 g/mol. The van der Waals surface area contributed by atoms with Gasteiger partial charge in [0.25, 0.3) is 0 Å². The number of hydrogen-bond acceptors (Lipinski definition) is 2. The number of rotatable bonds is 0. The highest BCUT2D eigenvalue weighted by Crippen LogP contribution is 2.37. The largest absolute Gasteiger partial charge is 0.585 e. The van der Waals surface area contributed by atoms with Crippen molar-refractivity contribution in [3.8, 4) is 0 Å². The molecule has 0 unspecified atom stereocenters. The van der Waals surface area contributed by atoms with Crippen molar-refractivity contribution in [3.05, 3.63) is 23.7 Å². The lowest BCUT2D eigenvalue weighted by atomic mass is 10.1. The van der Waals surface area contributed by atoms with Crippen LogP contribution in [0.2, 0.25) is 0 Å². The van der Waals surface area contributed by atoms with Gasteiger partial charge in [0.2, 0.25) is 0 Å². The molecule has 0 atom stereocenters. The summed E-state index contributed by atoms with van der Waals surface area (Å²) in [6.07, 6.45) is 1.09. The first kappa shape index (κ1) is 6.64. The zero-order valence-electron chi connectivity index (χ0n) is 5.64. The van der Waals surface area contributed by atoms with E-state index in [1.165, 1.54) is 6.08 Å². The SMILES string of the molecule is FC1(F)OC2=C(CCC=C2)O1. The smallest absolute Gasteiger partial charge is 0.400 e. The van der Waals surface area contributed by atoms with E-state index in [0.29, 0.717) is 6.42 Å². The van der Waals surface area contributed by atoms with Crippen molar-refractivity contribution in [2.75, 3.05) is 0 Å². The van der Waals surface area contributed by atoms with E-state index in [1.807, 2.05) is 0 Å². The van der Waals surface area contributed by atoms with Gasteiger partial charge < -0.3 is 9.47 Å². The summed E-state index contributed by atoms with van der Waals surface area (Å²) >= 11 is 0. The number of hydrogen-bond donors (Lipinski definition) is 0. The molecule has 0 bridgehead atoms. The monoisotopic (exact) mass is 160 g/mol. The Balaban J connectivity index is 2.23. The highest BCUT2D eigenvalue weighted by atomic mass is 19.3. The second kappa shape index (κ2) is 1.96. The average Bonchev–Trinajstić information content (AvgIpc) is 2.21. The molecule has 0 aromatic rings. The maximum absolute atomic E-state index is 12.3. The lowest BCUT2D eigenvalue weighted by molar-refractivity contribution is -0.336. The molecule has 0 aromatic carbocycles. The van der Waals surface area contributed by atoms with Crippen molar-refractivity contribution in [1.82, 2.24) is 0 Å². The van der Waals surface area contributed by atoms with Gasteiger partial charge in [0, 0.05) is 6.42 Å². The van der Waals surface area contributed by atoms with Crippen LogP contribution in [0.3, 0.4) is 0 Å². The standard InChI is InChI=1S/C7H6F2O2/c8-7(9)10-5-3-1-2-4-6(5)11-7/h1,3H,2,4H2. The molecule has 4 heteroatoms. The minimum atomic E-state index is -3.45. The predicted octanol–water partition coefficient (Wildman–Crippen LogP) is 2.15. The zero-order chi connectivity index (χ0) is 7.90. The molecular formula is C7H6F2O2. The normalized spacial score (nSPS) is 26.0. The van der Waals surface area contributed by atoms with Crippen molar-refractivity contribution in [2.45, 2.75) is 19.1 Å². The van der Waals surface area contributed by atoms with Crippen molar-refractivity contribution in [2.24, 2.45) is 0 Å². The Labute approximate surface area is 62.1 Å². The van der Waals surface area contributed by atoms with Crippen LogP contribution in [0.15, 0.2) is 23.7 Å². The average molecular weight is 160 g/mol. The first-order valence-electron chi connectivity index (χ1n) is 3.33. The summed E-state index contributed by atoms with van der Waals surface area (Å²) in [5.74, 6) is 0.429. The van der Waals surface area contributed by atoms with E-state index in [2.05, 4.69) is 9.47 Å². The summed E-state index contributed by atoms with van der Waals surface area (Å²) in [4.78, 5) is 0. The number of allylic oxidation sites excluding steroid dienone is 3. The quantitative estimate of drug-likeness (QED) is 0.540. The lowest BCUT2D eigenvalue weighted by Gasteiger charge is -2.06. The summed E-state index contributed by atoms with van der Waals surface area (Å²) in [5, 5.41) is 0. The van der Waals surface area contributed by atoms with E-state index >= 15 is 0 Å². The van der Waals surface area contributed by atoms with E-state index in [-0.39, 0.29) is 11.5 Å². The molecule has 2 aliphatic rings. The maximum atomic E-state index is 12.3. The van der Waals surface area contributed by atoms with Crippen LogP contribution in [-0.4, -0.2) is 6.29 Å². The fraction of sp³-hybridized carbons (Fsp3) is 0.429. The second-order valence-corrected chi connectivity index (χ2v) is 2.40. The number of ether oxygens (including phenoxy) is 2. The maximum Gasteiger partial charge on any atom is 0.585 e. The van der Waals surface area contributed by atoms with Crippen LogP contribution in [-0.2, 0) is 9.47 Å². The van der Waals surface area contributed by atoms with E-state index in [9.17, 15) is 8.78 Å². The first-order chi connectivity index (χ1) is 5.17. The molecule has 60 valence electrons. The summed E-state index contributed by atoms with van der Waals surface area (Å²) in [6, 6.07) is 0. The summed E-state index contributed by atoms with van der Waals surface area (Å²) in [7, 11) is 0. The Morgan fingerprint density at radius 1 is 1.36 bits per heavy atom. The molecule has 0 saturated heterocycles. The van der Waals surface area contributed by atoms with Crippen LogP contribution in [0, 0.1) is 0 Å². The molecule has 0 amide bonds. The van der Waals surface area contributed by atoms with Gasteiger partial charge in [0.05, 0.1) is 0 Å². The van der Waals surface area contributed by atoms with Crippen molar-refractivity contribution in [1.29, 1.82) is 0 Å². The summed E-state index contributed by atoms with van der Waals surface area (Å²) in [6.45, 7) is 0. The Morgan fingerprint density at radius 2 is 2.18 bits per heavy atom. The Kier molecular flexibility index (Phi) is 1.19. The van der Waals surface area contributed by atoms with Gasteiger partial charge in [0.1, 0.15) is 5.76 Å². The Hall–Kier alpha value is -1.06. The minimum Gasteiger partial charge on any atom is -0.400 e. The van der Waals surface area contributed by atoms with Gasteiger partial charge in [-0.15, -0.1) is 8.78 Å². The fourth-order valence-corrected chi connectivity index (χ4v) is 1.11. The Bertz CT molecular complexity index is 243. The van der Waals surface area contributed by atoms with Gasteiger partial charge in [-0.1, -0.05) is 6.08 Å². The molecule has 11 heavy (non-hydrogen) atoms. The first-order valence-corrected chi connectivity index (χ1v) is 3.33. The fourth-order valence-electron chi connectivity index (χ4n) is 1.11. The topological polar surface area (TPSA) is 18.5 Å². The molecule has 2 rings (SSSR count). The van der Waals surface area contributed by atoms with Gasteiger partial charge >= 0.3 is 6.29 Å². The predicted molar refractivity (Wildman–Crippen MR) is 32.5 cm³/mol. The second-order valence-electron chi connectivity index (χ2n) is 2.40. The highest BCUT2D eigenvalue weighted by molar-refractivity contribution is 5.23. The molecule has 0 aromatic heterocycles. The molecule has 0 radical (unpaired) electrons. The number of halogens is 2. The van der Waals surface area contributed by atoms with Crippen LogP contribution >= 0.6 is 0 Å². The Morgan fingerprint density at radius 3 is 2.91 bits per heavy atom. The van der Waals surface area contributed by atoms with Crippen molar-refractivity contribution >= 4 is 0 Å². The summed E-state index contributed by atoms with van der Waals surface area (Å²) in [5.41, 5.74) is 0. The molecule has 1 aliphatic carbocycles. The molecule has 1 heterocycles.